The molecule has 0 aliphatic carbocycles. The van der Waals surface area contributed by atoms with Gasteiger partial charge in [0.1, 0.15) is 0 Å². The van der Waals surface area contributed by atoms with Crippen LogP contribution >= 0.6 is 0 Å². The molecule has 1 rings (SSSR count). The molecule has 2 nitrogen and oxygen atoms in total. The van der Waals surface area contributed by atoms with Crippen LogP contribution in [0.1, 0.15) is 70.8 Å². The molecule has 1 amide bonds. The summed E-state index contributed by atoms with van der Waals surface area (Å²) in [5.41, 5.74) is 1.28. The van der Waals surface area contributed by atoms with Gasteiger partial charge in [0, 0.05) is 12.5 Å². The van der Waals surface area contributed by atoms with Gasteiger partial charge in [0.05, 0.1) is 0 Å². The van der Waals surface area contributed by atoms with Gasteiger partial charge in [-0.2, -0.15) is 0 Å². The maximum Gasteiger partial charge on any atom is 0.220 e. The third kappa shape index (κ3) is 9.28. The monoisotopic (exact) mass is 289 g/mol. The minimum absolute atomic E-state index is 0.201. The summed E-state index contributed by atoms with van der Waals surface area (Å²) in [6.45, 7) is 4.32. The molecule has 0 radical (unpaired) electrons. The molecule has 0 spiro atoms. The van der Waals surface area contributed by atoms with Crippen LogP contribution in [0.3, 0.4) is 0 Å². The first-order valence-electron chi connectivity index (χ1n) is 8.55. The van der Waals surface area contributed by atoms with Gasteiger partial charge in [0.15, 0.2) is 0 Å². The van der Waals surface area contributed by atoms with Crippen molar-refractivity contribution in [3.05, 3.63) is 35.9 Å². The van der Waals surface area contributed by atoms with Crippen LogP contribution in [0.25, 0.3) is 0 Å². The Morgan fingerprint density at radius 3 is 2.29 bits per heavy atom. The topological polar surface area (TPSA) is 29.1 Å². The Morgan fingerprint density at radius 1 is 1.00 bits per heavy atom. The Morgan fingerprint density at radius 2 is 1.62 bits per heavy atom. The van der Waals surface area contributed by atoms with Gasteiger partial charge in [0.2, 0.25) is 5.91 Å². The van der Waals surface area contributed by atoms with Crippen molar-refractivity contribution < 1.29 is 4.79 Å². The first-order valence-corrected chi connectivity index (χ1v) is 8.55. The molecule has 0 aliphatic heterocycles. The summed E-state index contributed by atoms with van der Waals surface area (Å²) in [6, 6.07) is 10.5. The Kier molecular flexibility index (Phi) is 9.60. The fourth-order valence-electron chi connectivity index (χ4n) is 2.61. The minimum atomic E-state index is 0.201. The Bertz CT molecular complexity index is 374. The third-order valence-electron chi connectivity index (χ3n) is 3.80. The lowest BCUT2D eigenvalue weighted by Crippen LogP contribution is -2.33. The smallest absolute Gasteiger partial charge is 0.220 e. The second kappa shape index (κ2) is 11.4. The molecule has 1 N–H and O–H groups in total. The fourth-order valence-corrected chi connectivity index (χ4v) is 2.61. The van der Waals surface area contributed by atoms with E-state index in [4.69, 9.17) is 0 Å². The highest BCUT2D eigenvalue weighted by Crippen LogP contribution is 2.08. The van der Waals surface area contributed by atoms with Crippen molar-refractivity contribution in [1.82, 2.24) is 5.32 Å². The lowest BCUT2D eigenvalue weighted by molar-refractivity contribution is -0.121. The number of carbonyl (C=O) groups is 1. The molecule has 1 aromatic carbocycles. The summed E-state index contributed by atoms with van der Waals surface area (Å²) in [5.74, 6) is 0.201. The molecule has 1 atom stereocenters. The zero-order valence-corrected chi connectivity index (χ0v) is 13.7. The highest BCUT2D eigenvalue weighted by Gasteiger charge is 2.07. The van der Waals surface area contributed by atoms with Crippen LogP contribution in [0.5, 0.6) is 0 Å². The van der Waals surface area contributed by atoms with Crippen molar-refractivity contribution in [1.29, 1.82) is 0 Å². The minimum Gasteiger partial charge on any atom is -0.353 e. The predicted octanol–water partition coefficient (Wildman–Crippen LogP) is 4.87. The van der Waals surface area contributed by atoms with Crippen LogP contribution < -0.4 is 5.32 Å². The molecule has 0 saturated heterocycles. The fraction of sp³-hybridized carbons (Fsp3) is 0.632. The Balaban J connectivity index is 2.05. The number of hydrogen-bond acceptors (Lipinski definition) is 1. The van der Waals surface area contributed by atoms with Crippen molar-refractivity contribution in [2.75, 3.05) is 0 Å². The van der Waals surface area contributed by atoms with Crippen LogP contribution in [0, 0.1) is 0 Å². The van der Waals surface area contributed by atoms with Gasteiger partial charge in [-0.3, -0.25) is 4.79 Å². The maximum atomic E-state index is 11.9. The van der Waals surface area contributed by atoms with Crippen molar-refractivity contribution in [3.63, 3.8) is 0 Å². The van der Waals surface area contributed by atoms with Crippen molar-refractivity contribution in [2.24, 2.45) is 0 Å². The van der Waals surface area contributed by atoms with E-state index in [1.807, 2.05) is 18.2 Å². The largest absolute Gasteiger partial charge is 0.353 e. The molecular weight excluding hydrogens is 258 g/mol. The van der Waals surface area contributed by atoms with E-state index in [1.165, 1.54) is 44.1 Å². The first kappa shape index (κ1) is 17.7. The molecule has 118 valence electrons. The van der Waals surface area contributed by atoms with Gasteiger partial charge in [-0.25, -0.2) is 0 Å². The molecule has 0 fully saturated rings. The van der Waals surface area contributed by atoms with Crippen molar-refractivity contribution in [2.45, 2.75) is 77.7 Å². The molecule has 21 heavy (non-hydrogen) atoms. The highest BCUT2D eigenvalue weighted by molar-refractivity contribution is 5.76. The zero-order chi connectivity index (χ0) is 15.3. The van der Waals surface area contributed by atoms with Gasteiger partial charge in [-0.05, 0) is 25.3 Å². The normalized spacial score (nSPS) is 12.1. The van der Waals surface area contributed by atoms with E-state index in [-0.39, 0.29) is 11.9 Å². The number of unbranched alkanes of at least 4 members (excludes halogenated alkanes) is 6. The van der Waals surface area contributed by atoms with Gasteiger partial charge in [-0.15, -0.1) is 0 Å². The average molecular weight is 289 g/mol. The van der Waals surface area contributed by atoms with Crippen LogP contribution in [-0.4, -0.2) is 11.9 Å². The number of nitrogens with one attached hydrogen (secondary N) is 1. The maximum absolute atomic E-state index is 11.9. The summed E-state index contributed by atoms with van der Waals surface area (Å²) in [7, 11) is 0. The molecule has 0 unspecified atom stereocenters. The summed E-state index contributed by atoms with van der Waals surface area (Å²) < 4.78 is 0. The quantitative estimate of drug-likeness (QED) is 0.578. The number of rotatable bonds is 11. The van der Waals surface area contributed by atoms with Crippen LogP contribution in [0.4, 0.5) is 0 Å². The molecule has 0 aromatic heterocycles. The third-order valence-corrected chi connectivity index (χ3v) is 3.80. The van der Waals surface area contributed by atoms with E-state index in [0.29, 0.717) is 6.42 Å². The van der Waals surface area contributed by atoms with Crippen LogP contribution in [0.2, 0.25) is 0 Å². The van der Waals surface area contributed by atoms with Gasteiger partial charge in [0.25, 0.3) is 0 Å². The first-order chi connectivity index (χ1) is 10.2. The molecule has 0 bridgehead atoms. The van der Waals surface area contributed by atoms with Crippen molar-refractivity contribution in [3.8, 4) is 0 Å². The van der Waals surface area contributed by atoms with Crippen LogP contribution in [-0.2, 0) is 11.2 Å². The van der Waals surface area contributed by atoms with Gasteiger partial charge in [-0.1, -0.05) is 75.8 Å². The average Bonchev–Trinajstić information content (AvgIpc) is 2.47. The summed E-state index contributed by atoms with van der Waals surface area (Å²) in [4.78, 5) is 11.9. The van der Waals surface area contributed by atoms with E-state index in [2.05, 4.69) is 31.3 Å². The molecule has 0 aliphatic rings. The van der Waals surface area contributed by atoms with Crippen molar-refractivity contribution >= 4 is 5.91 Å². The Labute approximate surface area is 130 Å². The Hall–Kier alpha value is -1.31. The number of carbonyl (C=O) groups excluding carboxylic acids is 1. The molecule has 0 saturated carbocycles. The van der Waals surface area contributed by atoms with E-state index >= 15 is 0 Å². The predicted molar refractivity (Wildman–Crippen MR) is 90.4 cm³/mol. The highest BCUT2D eigenvalue weighted by atomic mass is 16.1. The van der Waals surface area contributed by atoms with Gasteiger partial charge >= 0.3 is 0 Å². The van der Waals surface area contributed by atoms with E-state index < -0.39 is 0 Å². The second-order valence-corrected chi connectivity index (χ2v) is 6.03. The standard InChI is InChI=1S/C19H31NO/c1-3-4-5-6-7-8-12-15-19(21)20-17(2)16-18-13-10-9-11-14-18/h9-11,13-14,17H,3-8,12,15-16H2,1-2H3,(H,20,21)/t17-/m1/s1. The lowest BCUT2D eigenvalue weighted by atomic mass is 10.1. The summed E-state index contributed by atoms with van der Waals surface area (Å²) in [5, 5.41) is 3.10. The number of hydrogen-bond donors (Lipinski definition) is 1. The molecular formula is C19H31NO. The summed E-state index contributed by atoms with van der Waals surface area (Å²) in [6.07, 6.45) is 10.4. The number of benzene rings is 1. The van der Waals surface area contributed by atoms with E-state index in [1.54, 1.807) is 0 Å². The lowest BCUT2D eigenvalue weighted by Gasteiger charge is -2.14. The molecule has 0 heterocycles. The summed E-state index contributed by atoms with van der Waals surface area (Å²) >= 11 is 0. The molecule has 2 heteroatoms. The molecule has 1 aromatic rings. The van der Waals surface area contributed by atoms with E-state index in [0.717, 1.165) is 12.8 Å². The van der Waals surface area contributed by atoms with E-state index in [9.17, 15) is 4.79 Å². The SMILES string of the molecule is CCCCCCCCCC(=O)N[C@H](C)Cc1ccccc1. The second-order valence-electron chi connectivity index (χ2n) is 6.03. The number of amides is 1. The zero-order valence-electron chi connectivity index (χ0n) is 13.7. The van der Waals surface area contributed by atoms with Gasteiger partial charge < -0.3 is 5.32 Å². The van der Waals surface area contributed by atoms with Crippen LogP contribution in [0.15, 0.2) is 30.3 Å².